The van der Waals surface area contributed by atoms with E-state index in [2.05, 4.69) is 44.0 Å². The second-order valence-electron chi connectivity index (χ2n) is 4.86. The highest BCUT2D eigenvalue weighted by atomic mass is 32.1. The lowest BCUT2D eigenvalue weighted by Gasteiger charge is -2.11. The van der Waals surface area contributed by atoms with Crippen molar-refractivity contribution < 1.29 is 4.74 Å². The van der Waals surface area contributed by atoms with E-state index in [4.69, 9.17) is 10.00 Å². The first-order chi connectivity index (χ1) is 9.60. The van der Waals surface area contributed by atoms with Gasteiger partial charge in [0.15, 0.2) is 0 Å². The molecule has 0 amide bonds. The highest BCUT2D eigenvalue weighted by Crippen LogP contribution is 2.23. The van der Waals surface area contributed by atoms with E-state index in [-0.39, 0.29) is 0 Å². The van der Waals surface area contributed by atoms with Gasteiger partial charge in [-0.15, -0.1) is 11.3 Å². The fourth-order valence-electron chi connectivity index (χ4n) is 2.02. The van der Waals surface area contributed by atoms with Gasteiger partial charge in [0.05, 0.1) is 24.1 Å². The van der Waals surface area contributed by atoms with Gasteiger partial charge in [0, 0.05) is 17.5 Å². The topological polar surface area (TPSA) is 45.9 Å². The van der Waals surface area contributed by atoms with Crippen molar-refractivity contribution >= 4 is 11.3 Å². The summed E-state index contributed by atoms with van der Waals surface area (Å²) < 4.78 is 5.87. The summed E-state index contributed by atoms with van der Waals surface area (Å²) >= 11 is 1.59. The van der Waals surface area contributed by atoms with Crippen LogP contribution < -0.4 is 4.74 Å². The number of ether oxygens (including phenoxy) is 1. The van der Waals surface area contributed by atoms with E-state index < -0.39 is 0 Å². The average Bonchev–Trinajstić information content (AvgIpc) is 2.83. The molecule has 1 aromatic carbocycles. The van der Waals surface area contributed by atoms with Crippen LogP contribution in [-0.4, -0.2) is 11.6 Å². The van der Waals surface area contributed by atoms with Crippen molar-refractivity contribution in [3.05, 3.63) is 44.9 Å². The fraction of sp³-hybridized carbons (Fsp3) is 0.375. The molecule has 1 heterocycles. The molecule has 0 fully saturated rings. The first-order valence-corrected chi connectivity index (χ1v) is 7.43. The largest absolute Gasteiger partial charge is 0.493 e. The number of aromatic nitrogens is 1. The summed E-state index contributed by atoms with van der Waals surface area (Å²) in [6, 6.07) is 6.38. The molecule has 0 aliphatic heterocycles. The van der Waals surface area contributed by atoms with Gasteiger partial charge in [0.25, 0.3) is 0 Å². The van der Waals surface area contributed by atoms with Gasteiger partial charge in [-0.25, -0.2) is 4.98 Å². The molecule has 0 spiro atoms. The molecule has 104 valence electrons. The first-order valence-electron chi connectivity index (χ1n) is 6.61. The Morgan fingerprint density at radius 2 is 2.10 bits per heavy atom. The van der Waals surface area contributed by atoms with Crippen molar-refractivity contribution in [3.63, 3.8) is 0 Å². The second-order valence-corrected chi connectivity index (χ2v) is 6.06. The molecule has 0 N–H and O–H groups in total. The van der Waals surface area contributed by atoms with Crippen LogP contribution in [-0.2, 0) is 12.8 Å². The smallest absolute Gasteiger partial charge is 0.122 e. The molecule has 0 atom stereocenters. The van der Waals surface area contributed by atoms with E-state index >= 15 is 0 Å². The minimum atomic E-state index is 0.439. The Labute approximate surface area is 123 Å². The lowest BCUT2D eigenvalue weighted by molar-refractivity contribution is 0.319. The summed E-state index contributed by atoms with van der Waals surface area (Å²) in [5, 5.41) is 9.67. The number of hydrogen-bond acceptors (Lipinski definition) is 4. The maximum Gasteiger partial charge on any atom is 0.122 e. The summed E-state index contributed by atoms with van der Waals surface area (Å²) in [5.74, 6) is 0.955. The molecule has 3 nitrogen and oxygen atoms in total. The summed E-state index contributed by atoms with van der Waals surface area (Å²) in [6.45, 7) is 6.88. The molecule has 1 aromatic heterocycles. The quantitative estimate of drug-likeness (QED) is 0.840. The van der Waals surface area contributed by atoms with Crippen LogP contribution in [0, 0.1) is 32.1 Å². The summed E-state index contributed by atoms with van der Waals surface area (Å²) in [5.41, 5.74) is 3.67. The maximum atomic E-state index is 8.64. The van der Waals surface area contributed by atoms with E-state index in [1.807, 2.05) is 0 Å². The molecule has 0 radical (unpaired) electrons. The summed E-state index contributed by atoms with van der Waals surface area (Å²) in [6.07, 6.45) is 3.00. The van der Waals surface area contributed by atoms with Crippen LogP contribution >= 0.6 is 11.3 Å². The van der Waals surface area contributed by atoms with E-state index in [1.54, 1.807) is 17.5 Å². The lowest BCUT2D eigenvalue weighted by Crippen LogP contribution is -2.03. The molecule has 2 rings (SSSR count). The minimum Gasteiger partial charge on any atom is -0.493 e. The Morgan fingerprint density at radius 1 is 1.30 bits per heavy atom. The Hall–Kier alpha value is -1.86. The van der Waals surface area contributed by atoms with Crippen LogP contribution in [0.3, 0.4) is 0 Å². The third-order valence-corrected chi connectivity index (χ3v) is 4.25. The van der Waals surface area contributed by atoms with Crippen molar-refractivity contribution in [2.75, 3.05) is 6.61 Å². The fourth-order valence-corrected chi connectivity index (χ4v) is 2.86. The van der Waals surface area contributed by atoms with Crippen LogP contribution in [0.25, 0.3) is 0 Å². The Morgan fingerprint density at radius 3 is 2.85 bits per heavy atom. The van der Waals surface area contributed by atoms with E-state index in [1.165, 1.54) is 16.7 Å². The molecule has 20 heavy (non-hydrogen) atoms. The van der Waals surface area contributed by atoms with Crippen molar-refractivity contribution in [2.45, 2.75) is 33.6 Å². The zero-order valence-corrected chi connectivity index (χ0v) is 12.9. The molecule has 0 saturated heterocycles. The zero-order valence-electron chi connectivity index (χ0n) is 12.1. The average molecular weight is 286 g/mol. The Bertz CT molecular complexity index is 640. The zero-order chi connectivity index (χ0) is 14.5. The van der Waals surface area contributed by atoms with Crippen molar-refractivity contribution in [2.24, 2.45) is 0 Å². The predicted molar refractivity (Wildman–Crippen MR) is 81.3 cm³/mol. The van der Waals surface area contributed by atoms with Gasteiger partial charge in [0.1, 0.15) is 5.75 Å². The van der Waals surface area contributed by atoms with Crippen LogP contribution in [0.5, 0.6) is 5.75 Å². The van der Waals surface area contributed by atoms with Gasteiger partial charge in [-0.2, -0.15) is 5.26 Å². The molecule has 0 unspecified atom stereocenters. The highest BCUT2D eigenvalue weighted by molar-refractivity contribution is 7.11. The Balaban J connectivity index is 1.94. The number of nitrogens with zero attached hydrogens (tertiary/aromatic N) is 2. The second kappa shape index (κ2) is 6.53. The predicted octanol–water partition coefficient (Wildman–Crippen LogP) is 3.76. The van der Waals surface area contributed by atoms with Gasteiger partial charge < -0.3 is 4.74 Å². The third-order valence-electron chi connectivity index (χ3n) is 3.19. The number of rotatable bonds is 5. The standard InChI is InChI=1S/C16H18N2OS/c1-11-8-12(2)13(3)15(9-11)19-7-5-16-18-10-14(20-16)4-6-17/h8-10H,4-5,7H2,1-3H3. The normalized spacial score (nSPS) is 10.3. The van der Waals surface area contributed by atoms with Gasteiger partial charge in [-0.1, -0.05) is 6.07 Å². The van der Waals surface area contributed by atoms with E-state index in [0.29, 0.717) is 13.0 Å². The monoisotopic (exact) mass is 286 g/mol. The number of benzene rings is 1. The number of thiazole rings is 1. The molecule has 4 heteroatoms. The van der Waals surface area contributed by atoms with Crippen LogP contribution in [0.1, 0.15) is 26.6 Å². The first kappa shape index (κ1) is 14.5. The van der Waals surface area contributed by atoms with E-state index in [0.717, 1.165) is 22.1 Å². The molecule has 0 saturated carbocycles. The van der Waals surface area contributed by atoms with Crippen LogP contribution in [0.4, 0.5) is 0 Å². The number of aryl methyl sites for hydroxylation is 2. The Kier molecular flexibility index (Phi) is 4.75. The van der Waals surface area contributed by atoms with E-state index in [9.17, 15) is 0 Å². The summed E-state index contributed by atoms with van der Waals surface area (Å²) in [4.78, 5) is 5.33. The minimum absolute atomic E-state index is 0.439. The lowest BCUT2D eigenvalue weighted by atomic mass is 10.1. The molecule has 0 aliphatic carbocycles. The van der Waals surface area contributed by atoms with Crippen molar-refractivity contribution in [1.82, 2.24) is 4.98 Å². The highest BCUT2D eigenvalue weighted by Gasteiger charge is 2.06. The van der Waals surface area contributed by atoms with Gasteiger partial charge in [-0.3, -0.25) is 0 Å². The number of nitriles is 1. The number of hydrogen-bond donors (Lipinski definition) is 0. The van der Waals surface area contributed by atoms with Gasteiger partial charge >= 0.3 is 0 Å². The molecule has 0 bridgehead atoms. The van der Waals surface area contributed by atoms with Crippen molar-refractivity contribution in [3.8, 4) is 11.8 Å². The molecular formula is C16H18N2OS. The molecule has 2 aromatic rings. The van der Waals surface area contributed by atoms with Crippen LogP contribution in [0.15, 0.2) is 18.3 Å². The third kappa shape index (κ3) is 3.58. The van der Waals surface area contributed by atoms with Crippen LogP contribution in [0.2, 0.25) is 0 Å². The van der Waals surface area contributed by atoms with Gasteiger partial charge in [0.2, 0.25) is 0 Å². The summed E-state index contributed by atoms with van der Waals surface area (Å²) in [7, 11) is 0. The molecule has 0 aliphatic rings. The maximum absolute atomic E-state index is 8.64. The molecular weight excluding hydrogens is 268 g/mol. The van der Waals surface area contributed by atoms with Crippen molar-refractivity contribution in [1.29, 1.82) is 5.26 Å². The van der Waals surface area contributed by atoms with Gasteiger partial charge in [-0.05, 0) is 43.5 Å². The SMILES string of the molecule is Cc1cc(C)c(C)c(OCCc2ncc(CC#N)s2)c1.